The molecular formula is C19H19BrCl2N2O3. The molecule has 27 heavy (non-hydrogen) atoms. The van der Waals surface area contributed by atoms with Gasteiger partial charge in [-0.25, -0.2) is 0 Å². The van der Waals surface area contributed by atoms with Crippen LogP contribution < -0.4 is 15.4 Å². The van der Waals surface area contributed by atoms with Crippen molar-refractivity contribution in [3.8, 4) is 5.75 Å². The van der Waals surface area contributed by atoms with Gasteiger partial charge < -0.3 is 15.4 Å². The lowest BCUT2D eigenvalue weighted by Crippen LogP contribution is -2.31. The Balaban J connectivity index is 1.92. The normalized spacial score (nSPS) is 11.6. The highest BCUT2D eigenvalue weighted by Crippen LogP contribution is 2.36. The Kier molecular flexibility index (Phi) is 7.95. The summed E-state index contributed by atoms with van der Waals surface area (Å²) in [7, 11) is 0. The molecule has 0 aliphatic carbocycles. The molecule has 5 nitrogen and oxygen atoms in total. The number of hydrogen-bond donors (Lipinski definition) is 2. The average Bonchev–Trinajstić information content (AvgIpc) is 2.61. The van der Waals surface area contributed by atoms with Gasteiger partial charge in [0.15, 0.2) is 12.4 Å². The molecule has 0 bridgehead atoms. The highest BCUT2D eigenvalue weighted by atomic mass is 79.9. The molecule has 0 heterocycles. The largest absolute Gasteiger partial charge is 0.481 e. The summed E-state index contributed by atoms with van der Waals surface area (Å²) in [6.07, 6.45) is 0.855. The number of benzene rings is 2. The number of hydrogen-bond acceptors (Lipinski definition) is 3. The molecule has 2 aromatic carbocycles. The van der Waals surface area contributed by atoms with Crippen LogP contribution in [0.25, 0.3) is 0 Å². The van der Waals surface area contributed by atoms with Crippen LogP contribution in [0.5, 0.6) is 5.75 Å². The first-order chi connectivity index (χ1) is 12.8. The summed E-state index contributed by atoms with van der Waals surface area (Å²) >= 11 is 15.2. The van der Waals surface area contributed by atoms with Gasteiger partial charge in [0.2, 0.25) is 0 Å². The molecule has 0 saturated heterocycles. The molecule has 0 aliphatic heterocycles. The van der Waals surface area contributed by atoms with E-state index in [4.69, 9.17) is 27.9 Å². The lowest BCUT2D eigenvalue weighted by Gasteiger charge is -2.12. The van der Waals surface area contributed by atoms with E-state index in [-0.39, 0.29) is 24.5 Å². The molecule has 0 radical (unpaired) electrons. The second kappa shape index (κ2) is 9.97. The minimum absolute atomic E-state index is 0.105. The molecular weight excluding hydrogens is 455 g/mol. The van der Waals surface area contributed by atoms with Crippen molar-refractivity contribution >= 4 is 56.6 Å². The number of nitrogens with one attached hydrogen (secondary N) is 2. The third kappa shape index (κ3) is 6.41. The Morgan fingerprint density at radius 1 is 1.19 bits per heavy atom. The van der Waals surface area contributed by atoms with Gasteiger partial charge in [0.25, 0.3) is 11.8 Å². The van der Waals surface area contributed by atoms with Gasteiger partial charge in [-0.3, -0.25) is 9.59 Å². The second-order valence-corrected chi connectivity index (χ2v) is 7.59. The molecule has 2 N–H and O–H groups in total. The monoisotopic (exact) mass is 472 g/mol. The third-order valence-electron chi connectivity index (χ3n) is 3.73. The SMILES string of the molecule is CCC(C)NC(=O)c1ccc(NC(=O)COc2c(Cl)cc(Cl)cc2Br)cc1. The fourth-order valence-electron chi connectivity index (χ4n) is 2.12. The van der Waals surface area contributed by atoms with Crippen molar-refractivity contribution in [1.82, 2.24) is 5.32 Å². The maximum absolute atomic E-state index is 12.1. The molecule has 0 aliphatic rings. The highest BCUT2D eigenvalue weighted by Gasteiger charge is 2.12. The summed E-state index contributed by atoms with van der Waals surface area (Å²) in [5.74, 6) is -0.161. The Labute approximate surface area is 176 Å². The van der Waals surface area contributed by atoms with Crippen LogP contribution in [0.3, 0.4) is 0 Å². The average molecular weight is 474 g/mol. The number of anilines is 1. The van der Waals surface area contributed by atoms with Crippen molar-refractivity contribution in [3.05, 3.63) is 56.5 Å². The van der Waals surface area contributed by atoms with Gasteiger partial charge in [0.1, 0.15) is 0 Å². The van der Waals surface area contributed by atoms with Crippen LogP contribution in [0.1, 0.15) is 30.6 Å². The fraction of sp³-hybridized carbons (Fsp3) is 0.263. The summed E-state index contributed by atoms with van der Waals surface area (Å²) in [5, 5.41) is 6.35. The predicted octanol–water partition coefficient (Wildman–Crippen LogP) is 5.30. The number of rotatable bonds is 7. The van der Waals surface area contributed by atoms with Crippen LogP contribution in [0.15, 0.2) is 40.9 Å². The maximum Gasteiger partial charge on any atom is 0.262 e. The van der Waals surface area contributed by atoms with E-state index in [2.05, 4.69) is 26.6 Å². The zero-order chi connectivity index (χ0) is 20.0. The molecule has 1 atom stereocenters. The Morgan fingerprint density at radius 2 is 1.85 bits per heavy atom. The van der Waals surface area contributed by atoms with E-state index in [1.807, 2.05) is 13.8 Å². The predicted molar refractivity (Wildman–Crippen MR) is 112 cm³/mol. The van der Waals surface area contributed by atoms with Gasteiger partial charge in [-0.2, -0.15) is 0 Å². The summed E-state index contributed by atoms with van der Waals surface area (Å²) in [5.41, 5.74) is 1.09. The zero-order valence-electron chi connectivity index (χ0n) is 14.8. The van der Waals surface area contributed by atoms with Crippen molar-refractivity contribution in [2.75, 3.05) is 11.9 Å². The van der Waals surface area contributed by atoms with E-state index in [0.29, 0.717) is 31.5 Å². The minimum Gasteiger partial charge on any atom is -0.481 e. The van der Waals surface area contributed by atoms with Crippen LogP contribution in [0, 0.1) is 0 Å². The van der Waals surface area contributed by atoms with Gasteiger partial charge >= 0.3 is 0 Å². The van der Waals surface area contributed by atoms with Crippen molar-refractivity contribution in [2.45, 2.75) is 26.3 Å². The summed E-state index contributed by atoms with van der Waals surface area (Å²) in [6.45, 7) is 3.72. The Hall–Kier alpha value is -1.76. The highest BCUT2D eigenvalue weighted by molar-refractivity contribution is 9.10. The van der Waals surface area contributed by atoms with Crippen LogP contribution in [-0.4, -0.2) is 24.5 Å². The van der Waals surface area contributed by atoms with E-state index < -0.39 is 0 Å². The van der Waals surface area contributed by atoms with Gasteiger partial charge in [-0.1, -0.05) is 30.1 Å². The van der Waals surface area contributed by atoms with Gasteiger partial charge in [-0.05, 0) is 65.7 Å². The number of amides is 2. The maximum atomic E-state index is 12.1. The number of ether oxygens (including phenoxy) is 1. The van der Waals surface area contributed by atoms with E-state index >= 15 is 0 Å². The lowest BCUT2D eigenvalue weighted by molar-refractivity contribution is -0.118. The molecule has 0 spiro atoms. The summed E-state index contributed by atoms with van der Waals surface area (Å²) < 4.78 is 6.02. The van der Waals surface area contributed by atoms with Gasteiger partial charge in [-0.15, -0.1) is 0 Å². The van der Waals surface area contributed by atoms with E-state index in [1.165, 1.54) is 6.07 Å². The second-order valence-electron chi connectivity index (χ2n) is 5.90. The number of halogens is 3. The standard InChI is InChI=1S/C19H19BrCl2N2O3/c1-3-11(2)23-19(26)12-4-6-14(7-5-12)24-17(25)10-27-18-15(20)8-13(21)9-16(18)22/h4-9,11H,3,10H2,1-2H3,(H,23,26)(H,24,25). The molecule has 144 valence electrons. The first-order valence-corrected chi connectivity index (χ1v) is 9.83. The third-order valence-corrected chi connectivity index (χ3v) is 4.82. The van der Waals surface area contributed by atoms with E-state index in [1.54, 1.807) is 30.3 Å². The Bertz CT molecular complexity index is 805. The Morgan fingerprint density at radius 3 is 2.44 bits per heavy atom. The fourth-order valence-corrected chi connectivity index (χ4v) is 3.48. The van der Waals surface area contributed by atoms with Gasteiger partial charge in [0, 0.05) is 22.3 Å². The summed E-state index contributed by atoms with van der Waals surface area (Å²) in [6, 6.07) is 9.90. The zero-order valence-corrected chi connectivity index (χ0v) is 17.9. The van der Waals surface area contributed by atoms with Gasteiger partial charge in [0.05, 0.1) is 9.50 Å². The molecule has 8 heteroatoms. The van der Waals surface area contributed by atoms with Crippen LogP contribution in [0.4, 0.5) is 5.69 Å². The molecule has 0 fully saturated rings. The van der Waals surface area contributed by atoms with E-state index in [0.717, 1.165) is 6.42 Å². The quantitative estimate of drug-likeness (QED) is 0.573. The van der Waals surface area contributed by atoms with E-state index in [9.17, 15) is 9.59 Å². The molecule has 0 aromatic heterocycles. The molecule has 2 amide bonds. The molecule has 0 saturated carbocycles. The molecule has 2 aromatic rings. The smallest absolute Gasteiger partial charge is 0.262 e. The van der Waals surface area contributed by atoms with Crippen molar-refractivity contribution < 1.29 is 14.3 Å². The minimum atomic E-state index is -0.357. The summed E-state index contributed by atoms with van der Waals surface area (Å²) in [4.78, 5) is 24.1. The lowest BCUT2D eigenvalue weighted by atomic mass is 10.1. The van der Waals surface area contributed by atoms with Crippen molar-refractivity contribution in [3.63, 3.8) is 0 Å². The first kappa shape index (κ1) is 21.5. The number of carbonyl (C=O) groups excluding carboxylic acids is 2. The topological polar surface area (TPSA) is 67.4 Å². The van der Waals surface area contributed by atoms with Crippen molar-refractivity contribution in [1.29, 1.82) is 0 Å². The first-order valence-electron chi connectivity index (χ1n) is 8.28. The van der Waals surface area contributed by atoms with Crippen LogP contribution >= 0.6 is 39.1 Å². The van der Waals surface area contributed by atoms with Crippen molar-refractivity contribution in [2.24, 2.45) is 0 Å². The van der Waals surface area contributed by atoms with Crippen LogP contribution in [0.2, 0.25) is 10.0 Å². The molecule has 2 rings (SSSR count). The van der Waals surface area contributed by atoms with Crippen LogP contribution in [-0.2, 0) is 4.79 Å². The molecule has 1 unspecified atom stereocenters. The number of carbonyl (C=O) groups is 2.